The molecule has 0 unspecified atom stereocenters. The molecule has 0 aliphatic heterocycles. The maximum Gasteiger partial charge on any atom is 0.161 e. The Morgan fingerprint density at radius 1 is 1.29 bits per heavy atom. The highest BCUT2D eigenvalue weighted by Crippen LogP contribution is 2.27. The molecule has 0 heterocycles. The van der Waals surface area contributed by atoms with Gasteiger partial charge in [0.25, 0.3) is 0 Å². The Hall–Kier alpha value is -1.26. The number of hydrogen-bond acceptors (Lipinski definition) is 4. The minimum absolute atomic E-state index is 0.0431. The number of nitrogens with one attached hydrogen (secondary N) is 1. The third-order valence-electron chi connectivity index (χ3n) is 2.36. The van der Waals surface area contributed by atoms with Crippen LogP contribution in [0.2, 0.25) is 0 Å². The highest BCUT2D eigenvalue weighted by Gasteiger charge is 2.04. The van der Waals surface area contributed by atoms with Crippen LogP contribution in [0.4, 0.5) is 0 Å². The quantitative estimate of drug-likeness (QED) is 0.503. The maximum atomic E-state index is 9.56. The number of hydrogen-bond donors (Lipinski definition) is 3. The fraction of sp³-hybridized carbons (Fsp3) is 0.538. The summed E-state index contributed by atoms with van der Waals surface area (Å²) in [6, 6.07) is 4.97. The van der Waals surface area contributed by atoms with Crippen molar-refractivity contribution in [2.24, 2.45) is 0 Å². The van der Waals surface area contributed by atoms with Crippen LogP contribution in [0.5, 0.6) is 11.5 Å². The van der Waals surface area contributed by atoms with E-state index in [1.54, 1.807) is 12.1 Å². The van der Waals surface area contributed by atoms with Crippen molar-refractivity contribution in [1.29, 1.82) is 0 Å². The Balaban J connectivity index is 2.20. The Labute approximate surface area is 102 Å². The summed E-state index contributed by atoms with van der Waals surface area (Å²) in [5.74, 6) is -0.120. The van der Waals surface area contributed by atoms with Crippen molar-refractivity contribution in [3.05, 3.63) is 23.8 Å². The fourth-order valence-electron chi connectivity index (χ4n) is 1.46. The average Bonchev–Trinajstić information content (AvgIpc) is 2.28. The molecule has 1 aromatic carbocycles. The van der Waals surface area contributed by atoms with E-state index in [2.05, 4.69) is 5.32 Å². The summed E-state index contributed by atoms with van der Waals surface area (Å²) in [5.41, 5.74) is 0.703. The lowest BCUT2D eigenvalue weighted by atomic mass is 10.2. The Morgan fingerprint density at radius 3 is 2.76 bits per heavy atom. The first-order valence-corrected chi connectivity index (χ1v) is 5.93. The molecule has 0 spiro atoms. The normalized spacial score (nSPS) is 11.0. The number of phenols is 2. The van der Waals surface area contributed by atoms with Crippen LogP contribution in [-0.4, -0.2) is 29.5 Å². The summed E-state index contributed by atoms with van der Waals surface area (Å²) in [7, 11) is 0. The van der Waals surface area contributed by atoms with Gasteiger partial charge in [0.2, 0.25) is 0 Å². The number of aromatic hydroxyl groups is 2. The number of para-hydroxylation sites is 1. The van der Waals surface area contributed by atoms with Gasteiger partial charge < -0.3 is 20.3 Å². The molecule has 0 aromatic heterocycles. The van der Waals surface area contributed by atoms with Crippen molar-refractivity contribution in [3.8, 4) is 11.5 Å². The standard InChI is InChI=1S/C13H21NO3/c1-10(2)17-8-4-7-14-9-11-5-3-6-12(15)13(11)16/h3,5-6,10,14-16H,4,7-9H2,1-2H3. The molecule has 0 aliphatic rings. The number of benzene rings is 1. The molecule has 17 heavy (non-hydrogen) atoms. The van der Waals surface area contributed by atoms with Crippen LogP contribution in [0.1, 0.15) is 25.8 Å². The molecule has 4 nitrogen and oxygen atoms in total. The van der Waals surface area contributed by atoms with Gasteiger partial charge in [0.05, 0.1) is 6.10 Å². The van der Waals surface area contributed by atoms with E-state index >= 15 is 0 Å². The topological polar surface area (TPSA) is 61.7 Å². The molecule has 1 rings (SSSR count). The Kier molecular flexibility index (Phi) is 5.80. The van der Waals surface area contributed by atoms with E-state index in [0.717, 1.165) is 19.6 Å². The zero-order valence-electron chi connectivity index (χ0n) is 10.4. The van der Waals surface area contributed by atoms with Gasteiger partial charge in [-0.3, -0.25) is 0 Å². The lowest BCUT2D eigenvalue weighted by Gasteiger charge is -2.09. The first kappa shape index (κ1) is 13.8. The minimum Gasteiger partial charge on any atom is -0.504 e. The van der Waals surface area contributed by atoms with Gasteiger partial charge >= 0.3 is 0 Å². The second-order valence-electron chi connectivity index (χ2n) is 4.23. The van der Waals surface area contributed by atoms with Crippen molar-refractivity contribution in [2.75, 3.05) is 13.2 Å². The Bertz CT molecular complexity index is 339. The van der Waals surface area contributed by atoms with E-state index in [9.17, 15) is 10.2 Å². The SMILES string of the molecule is CC(C)OCCCNCc1cccc(O)c1O. The number of phenolic OH excluding ortho intramolecular Hbond substituents is 2. The molecule has 0 bridgehead atoms. The second-order valence-corrected chi connectivity index (χ2v) is 4.23. The first-order valence-electron chi connectivity index (χ1n) is 5.93. The largest absolute Gasteiger partial charge is 0.504 e. The smallest absolute Gasteiger partial charge is 0.161 e. The molecule has 4 heteroatoms. The van der Waals surface area contributed by atoms with Gasteiger partial charge in [0, 0.05) is 18.7 Å². The van der Waals surface area contributed by atoms with Crippen LogP contribution in [0.25, 0.3) is 0 Å². The van der Waals surface area contributed by atoms with Crippen molar-refractivity contribution < 1.29 is 14.9 Å². The van der Waals surface area contributed by atoms with Crippen LogP contribution in [0, 0.1) is 0 Å². The molecule has 1 aromatic rings. The molecule has 96 valence electrons. The second kappa shape index (κ2) is 7.14. The van der Waals surface area contributed by atoms with Crippen LogP contribution in [0.3, 0.4) is 0 Å². The average molecular weight is 239 g/mol. The summed E-state index contributed by atoms with van der Waals surface area (Å²) in [4.78, 5) is 0. The monoisotopic (exact) mass is 239 g/mol. The van der Waals surface area contributed by atoms with E-state index in [0.29, 0.717) is 12.1 Å². The zero-order valence-corrected chi connectivity index (χ0v) is 10.4. The molecular formula is C13H21NO3. The lowest BCUT2D eigenvalue weighted by Crippen LogP contribution is -2.17. The summed E-state index contributed by atoms with van der Waals surface area (Å²) in [6.45, 7) is 6.12. The van der Waals surface area contributed by atoms with Crippen LogP contribution in [-0.2, 0) is 11.3 Å². The van der Waals surface area contributed by atoms with Crippen molar-refractivity contribution >= 4 is 0 Å². The molecule has 0 saturated heterocycles. The molecule has 0 aliphatic carbocycles. The Morgan fingerprint density at radius 2 is 2.06 bits per heavy atom. The first-order chi connectivity index (χ1) is 8.11. The van der Waals surface area contributed by atoms with Crippen molar-refractivity contribution in [2.45, 2.75) is 32.9 Å². The molecule has 0 radical (unpaired) electrons. The van der Waals surface area contributed by atoms with Gasteiger partial charge in [-0.25, -0.2) is 0 Å². The van der Waals surface area contributed by atoms with Gasteiger partial charge in [0.15, 0.2) is 11.5 Å². The van der Waals surface area contributed by atoms with Crippen LogP contribution >= 0.6 is 0 Å². The lowest BCUT2D eigenvalue weighted by molar-refractivity contribution is 0.0770. The van der Waals surface area contributed by atoms with Gasteiger partial charge in [-0.2, -0.15) is 0 Å². The summed E-state index contributed by atoms with van der Waals surface area (Å²) < 4.78 is 5.41. The van der Waals surface area contributed by atoms with E-state index in [4.69, 9.17) is 4.74 Å². The molecule has 0 fully saturated rings. The predicted octanol–water partition coefficient (Wildman–Crippen LogP) is 2.00. The van der Waals surface area contributed by atoms with Gasteiger partial charge in [0.1, 0.15) is 0 Å². The maximum absolute atomic E-state index is 9.56. The molecule has 3 N–H and O–H groups in total. The molecule has 0 amide bonds. The third-order valence-corrected chi connectivity index (χ3v) is 2.36. The fourth-order valence-corrected chi connectivity index (χ4v) is 1.46. The van der Waals surface area contributed by atoms with Crippen molar-refractivity contribution in [3.63, 3.8) is 0 Å². The molecule has 0 atom stereocenters. The minimum atomic E-state index is -0.0764. The highest BCUT2D eigenvalue weighted by atomic mass is 16.5. The van der Waals surface area contributed by atoms with Gasteiger partial charge in [-0.1, -0.05) is 12.1 Å². The van der Waals surface area contributed by atoms with E-state index in [1.165, 1.54) is 6.07 Å². The predicted molar refractivity (Wildman–Crippen MR) is 67.2 cm³/mol. The summed E-state index contributed by atoms with van der Waals surface area (Å²) in [6.07, 6.45) is 1.20. The summed E-state index contributed by atoms with van der Waals surface area (Å²) >= 11 is 0. The molecule has 0 saturated carbocycles. The van der Waals surface area contributed by atoms with Crippen LogP contribution < -0.4 is 5.32 Å². The zero-order chi connectivity index (χ0) is 12.7. The van der Waals surface area contributed by atoms with E-state index in [-0.39, 0.29) is 17.6 Å². The van der Waals surface area contributed by atoms with Gasteiger partial charge in [-0.15, -0.1) is 0 Å². The van der Waals surface area contributed by atoms with Gasteiger partial charge in [-0.05, 0) is 32.9 Å². The van der Waals surface area contributed by atoms with Crippen LogP contribution in [0.15, 0.2) is 18.2 Å². The van der Waals surface area contributed by atoms with E-state index < -0.39 is 0 Å². The number of rotatable bonds is 7. The number of ether oxygens (including phenoxy) is 1. The third kappa shape index (κ3) is 5.06. The molecular weight excluding hydrogens is 218 g/mol. The highest BCUT2D eigenvalue weighted by molar-refractivity contribution is 5.44. The van der Waals surface area contributed by atoms with E-state index in [1.807, 2.05) is 13.8 Å². The summed E-state index contributed by atoms with van der Waals surface area (Å²) in [5, 5.41) is 22.1. The van der Waals surface area contributed by atoms with Crippen molar-refractivity contribution in [1.82, 2.24) is 5.32 Å².